The van der Waals surface area contributed by atoms with E-state index in [0.29, 0.717) is 49.1 Å². The second-order valence-corrected chi connectivity index (χ2v) is 11.0. The van der Waals surface area contributed by atoms with Crippen LogP contribution < -0.4 is 5.56 Å². The number of amides is 2. The van der Waals surface area contributed by atoms with E-state index in [1.807, 2.05) is 41.0 Å². The van der Waals surface area contributed by atoms with E-state index < -0.39 is 0 Å². The van der Waals surface area contributed by atoms with Crippen molar-refractivity contribution in [2.75, 3.05) is 31.9 Å². The van der Waals surface area contributed by atoms with Gasteiger partial charge >= 0.3 is 0 Å². The first-order valence-electron chi connectivity index (χ1n) is 11.7. The molecule has 3 aromatic rings. The van der Waals surface area contributed by atoms with Crippen molar-refractivity contribution in [1.29, 1.82) is 0 Å². The number of thiophene rings is 1. The van der Waals surface area contributed by atoms with Crippen LogP contribution in [-0.2, 0) is 23.4 Å². The maximum Gasteiger partial charge on any atom is 0.259 e. The summed E-state index contributed by atoms with van der Waals surface area (Å²) in [5.41, 5.74) is 2.94. The quantitative estimate of drug-likeness (QED) is 0.585. The molecule has 2 aliphatic rings. The molecule has 34 heavy (non-hydrogen) atoms. The Morgan fingerprint density at radius 3 is 2.53 bits per heavy atom. The fraction of sp³-hybridized carbons (Fsp3) is 0.440. The number of carbonyl (C=O) groups is 2. The second kappa shape index (κ2) is 9.92. The van der Waals surface area contributed by atoms with Crippen LogP contribution in [0, 0.1) is 6.92 Å². The average molecular weight is 497 g/mol. The van der Waals surface area contributed by atoms with E-state index in [0.717, 1.165) is 35.0 Å². The lowest BCUT2D eigenvalue weighted by Crippen LogP contribution is -2.51. The van der Waals surface area contributed by atoms with E-state index >= 15 is 0 Å². The predicted octanol–water partition coefficient (Wildman–Crippen LogP) is 3.39. The molecule has 1 N–H and O–H groups in total. The summed E-state index contributed by atoms with van der Waals surface area (Å²) in [6.45, 7) is 4.16. The fourth-order valence-electron chi connectivity index (χ4n) is 4.64. The summed E-state index contributed by atoms with van der Waals surface area (Å²) in [4.78, 5) is 51.4. The molecule has 1 fully saturated rings. The number of carbonyl (C=O) groups excluding carboxylic acids is 2. The number of rotatable bonds is 5. The first-order chi connectivity index (χ1) is 16.5. The van der Waals surface area contributed by atoms with Gasteiger partial charge in [-0.15, -0.1) is 23.1 Å². The van der Waals surface area contributed by atoms with Gasteiger partial charge in [0.25, 0.3) is 11.5 Å². The van der Waals surface area contributed by atoms with Gasteiger partial charge in [-0.05, 0) is 50.3 Å². The Kier molecular flexibility index (Phi) is 6.74. The standard InChI is InChI=1S/C25H28N4O3S2/c1-16-6-8-17(9-7-16)25(32)29-12-10-28(11-13-29)21(30)15-33-14-20-26-23(31)22-18-4-2-3-5-19(18)34-24(22)27-20/h6-9H,2-5,10-15H2,1H3,(H,26,27,31). The number of benzene rings is 1. The van der Waals surface area contributed by atoms with Gasteiger partial charge in [0.2, 0.25) is 5.91 Å². The third kappa shape index (κ3) is 4.77. The molecule has 2 amide bonds. The van der Waals surface area contributed by atoms with Crippen LogP contribution >= 0.6 is 23.1 Å². The topological polar surface area (TPSA) is 86.4 Å². The van der Waals surface area contributed by atoms with E-state index in [-0.39, 0.29) is 17.4 Å². The molecule has 0 saturated carbocycles. The zero-order valence-corrected chi connectivity index (χ0v) is 20.9. The van der Waals surface area contributed by atoms with E-state index in [2.05, 4.69) is 9.97 Å². The molecule has 1 aromatic carbocycles. The van der Waals surface area contributed by atoms with Gasteiger partial charge in [0.05, 0.1) is 16.9 Å². The molecule has 178 valence electrons. The summed E-state index contributed by atoms with van der Waals surface area (Å²) in [6.07, 6.45) is 4.31. The zero-order chi connectivity index (χ0) is 23.7. The molecule has 5 rings (SSSR count). The number of aromatic amines is 1. The summed E-state index contributed by atoms with van der Waals surface area (Å²) in [6, 6.07) is 7.59. The van der Waals surface area contributed by atoms with Gasteiger partial charge in [0, 0.05) is 36.6 Å². The van der Waals surface area contributed by atoms with Gasteiger partial charge in [-0.2, -0.15) is 0 Å². The number of aromatic nitrogens is 2. The van der Waals surface area contributed by atoms with Crippen LogP contribution in [0.2, 0.25) is 0 Å². The molecule has 0 atom stereocenters. The highest BCUT2D eigenvalue weighted by molar-refractivity contribution is 7.99. The molecule has 7 nitrogen and oxygen atoms in total. The Hall–Kier alpha value is -2.65. The van der Waals surface area contributed by atoms with Crippen LogP contribution in [0.25, 0.3) is 10.2 Å². The number of aryl methyl sites for hydroxylation is 3. The highest BCUT2D eigenvalue weighted by atomic mass is 32.2. The lowest BCUT2D eigenvalue weighted by Gasteiger charge is -2.34. The lowest BCUT2D eigenvalue weighted by atomic mass is 9.97. The minimum absolute atomic E-state index is 0.0159. The van der Waals surface area contributed by atoms with Crippen molar-refractivity contribution in [3.63, 3.8) is 0 Å². The zero-order valence-electron chi connectivity index (χ0n) is 19.3. The first-order valence-corrected chi connectivity index (χ1v) is 13.7. The molecule has 0 radical (unpaired) electrons. The molecule has 9 heteroatoms. The molecule has 0 spiro atoms. The number of fused-ring (bicyclic) bond motifs is 3. The Morgan fingerprint density at radius 1 is 1.06 bits per heavy atom. The summed E-state index contributed by atoms with van der Waals surface area (Å²) in [5, 5.41) is 0.766. The minimum atomic E-state index is -0.0549. The van der Waals surface area contributed by atoms with E-state index in [1.165, 1.54) is 28.6 Å². The first kappa shape index (κ1) is 23.1. The Balaban J connectivity index is 1.13. The smallest absolute Gasteiger partial charge is 0.259 e. The third-order valence-corrected chi connectivity index (χ3v) is 8.67. The highest BCUT2D eigenvalue weighted by Gasteiger charge is 2.25. The average Bonchev–Trinajstić information content (AvgIpc) is 3.23. The molecule has 1 aliphatic carbocycles. The van der Waals surface area contributed by atoms with Crippen LogP contribution in [0.15, 0.2) is 29.1 Å². The van der Waals surface area contributed by atoms with Crippen molar-refractivity contribution in [3.05, 3.63) is 62.0 Å². The Morgan fingerprint density at radius 2 is 1.76 bits per heavy atom. The van der Waals surface area contributed by atoms with Crippen molar-refractivity contribution < 1.29 is 9.59 Å². The number of hydrogen-bond acceptors (Lipinski definition) is 6. The van der Waals surface area contributed by atoms with Crippen LogP contribution in [0.3, 0.4) is 0 Å². The Bertz CT molecular complexity index is 1270. The normalized spacial score (nSPS) is 16.0. The number of hydrogen-bond donors (Lipinski definition) is 1. The number of nitrogens with zero attached hydrogens (tertiary/aromatic N) is 3. The minimum Gasteiger partial charge on any atom is -0.338 e. The van der Waals surface area contributed by atoms with Crippen molar-refractivity contribution >= 4 is 45.1 Å². The van der Waals surface area contributed by atoms with Gasteiger partial charge in [-0.25, -0.2) is 4.98 Å². The molecule has 2 aromatic heterocycles. The molecule has 1 saturated heterocycles. The van der Waals surface area contributed by atoms with Crippen molar-refractivity contribution in [1.82, 2.24) is 19.8 Å². The van der Waals surface area contributed by atoms with Gasteiger partial charge in [-0.1, -0.05) is 17.7 Å². The van der Waals surface area contributed by atoms with Gasteiger partial charge in [0.15, 0.2) is 0 Å². The molecule has 0 unspecified atom stereocenters. The van der Waals surface area contributed by atoms with E-state index in [4.69, 9.17) is 0 Å². The SMILES string of the molecule is Cc1ccc(C(=O)N2CCN(C(=O)CSCc3nc4sc5c(c4c(=O)[nH]3)CCCC5)CC2)cc1. The van der Waals surface area contributed by atoms with Crippen LogP contribution in [-0.4, -0.2) is 63.5 Å². The van der Waals surface area contributed by atoms with E-state index in [1.54, 1.807) is 11.3 Å². The fourth-order valence-corrected chi connectivity index (χ4v) is 6.71. The largest absolute Gasteiger partial charge is 0.338 e. The number of thioether (sulfide) groups is 1. The second-order valence-electron chi connectivity index (χ2n) is 8.94. The maximum atomic E-state index is 12.7. The van der Waals surface area contributed by atoms with Gasteiger partial charge in [-0.3, -0.25) is 14.4 Å². The molecular weight excluding hydrogens is 468 g/mol. The number of nitrogens with one attached hydrogen (secondary N) is 1. The van der Waals surface area contributed by atoms with Crippen LogP contribution in [0.5, 0.6) is 0 Å². The van der Waals surface area contributed by atoms with Gasteiger partial charge in [0.1, 0.15) is 10.7 Å². The number of piperazine rings is 1. The molecule has 0 bridgehead atoms. The monoisotopic (exact) mass is 496 g/mol. The van der Waals surface area contributed by atoms with Crippen molar-refractivity contribution in [2.45, 2.75) is 38.4 Å². The van der Waals surface area contributed by atoms with Crippen LogP contribution in [0.4, 0.5) is 0 Å². The van der Waals surface area contributed by atoms with Crippen molar-refractivity contribution in [3.8, 4) is 0 Å². The predicted molar refractivity (Wildman–Crippen MR) is 137 cm³/mol. The Labute approximate surface area is 206 Å². The maximum absolute atomic E-state index is 12.7. The van der Waals surface area contributed by atoms with Crippen molar-refractivity contribution in [2.24, 2.45) is 0 Å². The molecular formula is C25H28N4O3S2. The van der Waals surface area contributed by atoms with Crippen LogP contribution in [0.1, 0.15) is 45.0 Å². The van der Waals surface area contributed by atoms with E-state index in [9.17, 15) is 14.4 Å². The molecule has 3 heterocycles. The highest BCUT2D eigenvalue weighted by Crippen LogP contribution is 2.33. The lowest BCUT2D eigenvalue weighted by molar-refractivity contribution is -0.129. The number of H-pyrrole nitrogens is 1. The summed E-state index contributed by atoms with van der Waals surface area (Å²) in [5.74, 6) is 1.52. The third-order valence-electron chi connectivity index (χ3n) is 6.56. The summed E-state index contributed by atoms with van der Waals surface area (Å²) >= 11 is 3.11. The summed E-state index contributed by atoms with van der Waals surface area (Å²) in [7, 11) is 0. The summed E-state index contributed by atoms with van der Waals surface area (Å²) < 4.78 is 0. The van der Waals surface area contributed by atoms with Gasteiger partial charge < -0.3 is 14.8 Å². The molecule has 1 aliphatic heterocycles.